The predicted octanol–water partition coefficient (Wildman–Crippen LogP) is 2.45. The van der Waals surface area contributed by atoms with E-state index in [1.165, 1.54) is 24.0 Å². The molecular weight excluding hydrogens is 343 g/mol. The first kappa shape index (κ1) is 15.5. The molecule has 7 heteroatoms. The van der Waals surface area contributed by atoms with Gasteiger partial charge in [-0.1, -0.05) is 15.9 Å². The number of aliphatic carboxylic acids is 1. The van der Waals surface area contributed by atoms with Crippen molar-refractivity contribution >= 4 is 33.5 Å². The summed E-state index contributed by atoms with van der Waals surface area (Å²) in [6.07, 6.45) is 0. The molecule has 1 aromatic rings. The van der Waals surface area contributed by atoms with Crippen LogP contribution in [0.1, 0.15) is 6.92 Å². The van der Waals surface area contributed by atoms with E-state index >= 15 is 0 Å². The van der Waals surface area contributed by atoms with Gasteiger partial charge in [-0.05, 0) is 25.1 Å². The molecule has 0 spiro atoms. The fraction of sp³-hybridized carbons (Fsp3) is 0.286. The highest BCUT2D eigenvalue weighted by Crippen LogP contribution is 2.28. The Labute approximate surface area is 129 Å². The highest BCUT2D eigenvalue weighted by molar-refractivity contribution is 9.10. The van der Waals surface area contributed by atoms with E-state index in [-0.39, 0.29) is 29.4 Å². The first-order chi connectivity index (χ1) is 9.81. The van der Waals surface area contributed by atoms with E-state index in [1.54, 1.807) is 13.1 Å². The fourth-order valence-corrected chi connectivity index (χ4v) is 2.56. The fourth-order valence-electron chi connectivity index (χ4n) is 2.23. The second kappa shape index (κ2) is 5.85. The molecule has 1 aromatic carbocycles. The molecule has 5 nitrogen and oxygen atoms in total. The Kier molecular flexibility index (Phi) is 4.32. The van der Waals surface area contributed by atoms with Gasteiger partial charge in [0.05, 0.1) is 5.69 Å². The standard InChI is InChI=1S/C14H14BrFN2O3/c1-7-12(9(14(20)21)6-18(2)13(7)19)17-11-4-3-8(15)5-10(11)16/h3-5,9,17H,6H2,1-2H3,(H,20,21). The van der Waals surface area contributed by atoms with Crippen LogP contribution in [0.25, 0.3) is 0 Å². The quantitative estimate of drug-likeness (QED) is 0.872. The summed E-state index contributed by atoms with van der Waals surface area (Å²) in [6, 6.07) is 4.39. The topological polar surface area (TPSA) is 69.6 Å². The monoisotopic (exact) mass is 356 g/mol. The highest BCUT2D eigenvalue weighted by Gasteiger charge is 2.34. The minimum Gasteiger partial charge on any atom is -0.481 e. The maximum Gasteiger partial charge on any atom is 0.314 e. The number of nitrogens with one attached hydrogen (secondary N) is 1. The van der Waals surface area contributed by atoms with Gasteiger partial charge < -0.3 is 15.3 Å². The molecule has 112 valence electrons. The van der Waals surface area contributed by atoms with Crippen LogP contribution in [0.3, 0.4) is 0 Å². The van der Waals surface area contributed by atoms with Crippen LogP contribution in [-0.4, -0.2) is 35.5 Å². The van der Waals surface area contributed by atoms with Crippen molar-refractivity contribution in [2.45, 2.75) is 6.92 Å². The summed E-state index contributed by atoms with van der Waals surface area (Å²) >= 11 is 3.15. The summed E-state index contributed by atoms with van der Waals surface area (Å²) in [6.45, 7) is 1.58. The summed E-state index contributed by atoms with van der Waals surface area (Å²) in [5.41, 5.74) is 0.640. The van der Waals surface area contributed by atoms with E-state index in [0.717, 1.165) is 0 Å². The molecule has 21 heavy (non-hydrogen) atoms. The van der Waals surface area contributed by atoms with E-state index in [1.807, 2.05) is 0 Å². The van der Waals surface area contributed by atoms with Crippen LogP contribution < -0.4 is 5.32 Å². The van der Waals surface area contributed by atoms with Crippen molar-refractivity contribution in [3.05, 3.63) is 39.8 Å². The maximum absolute atomic E-state index is 13.9. The molecule has 1 amide bonds. The van der Waals surface area contributed by atoms with Crippen LogP contribution in [0, 0.1) is 11.7 Å². The number of nitrogens with zero attached hydrogens (tertiary/aromatic N) is 1. The lowest BCUT2D eigenvalue weighted by Gasteiger charge is -2.31. The van der Waals surface area contributed by atoms with Gasteiger partial charge in [-0.25, -0.2) is 4.39 Å². The normalized spacial score (nSPS) is 19.0. The van der Waals surface area contributed by atoms with Crippen molar-refractivity contribution in [2.75, 3.05) is 18.9 Å². The molecular formula is C14H14BrFN2O3. The van der Waals surface area contributed by atoms with Crippen molar-refractivity contribution in [2.24, 2.45) is 5.92 Å². The molecule has 0 fully saturated rings. The molecule has 0 saturated heterocycles. The van der Waals surface area contributed by atoms with E-state index in [4.69, 9.17) is 0 Å². The zero-order valence-electron chi connectivity index (χ0n) is 11.5. The number of likely N-dealkylation sites (N-methyl/N-ethyl adjacent to an activating group) is 1. The van der Waals surface area contributed by atoms with E-state index in [0.29, 0.717) is 4.47 Å². The maximum atomic E-state index is 13.9. The SMILES string of the molecule is CC1=C(Nc2ccc(Br)cc2F)C(C(=O)O)CN(C)C1=O. The second-order valence-electron chi connectivity index (χ2n) is 4.86. The summed E-state index contributed by atoms with van der Waals surface area (Å²) in [5, 5.41) is 12.1. The number of rotatable bonds is 3. The van der Waals surface area contributed by atoms with Crippen molar-refractivity contribution in [1.82, 2.24) is 4.90 Å². The minimum absolute atomic E-state index is 0.0476. The number of halogens is 2. The summed E-state index contributed by atoms with van der Waals surface area (Å²) < 4.78 is 14.5. The first-order valence-electron chi connectivity index (χ1n) is 6.22. The van der Waals surface area contributed by atoms with Crippen molar-refractivity contribution < 1.29 is 19.1 Å². The first-order valence-corrected chi connectivity index (χ1v) is 7.01. The van der Waals surface area contributed by atoms with Crippen LogP contribution in [0.15, 0.2) is 33.9 Å². The number of carboxylic acids is 1. The number of benzene rings is 1. The Morgan fingerprint density at radius 2 is 2.19 bits per heavy atom. The number of carbonyl (C=O) groups excluding carboxylic acids is 1. The number of anilines is 1. The lowest BCUT2D eigenvalue weighted by molar-refractivity contribution is -0.142. The van der Waals surface area contributed by atoms with Gasteiger partial charge in [0.2, 0.25) is 0 Å². The lowest BCUT2D eigenvalue weighted by atomic mass is 9.95. The van der Waals surface area contributed by atoms with Crippen LogP contribution in [0.4, 0.5) is 10.1 Å². The molecule has 1 atom stereocenters. The van der Waals surface area contributed by atoms with Gasteiger partial charge >= 0.3 is 5.97 Å². The Morgan fingerprint density at radius 3 is 2.76 bits per heavy atom. The highest BCUT2D eigenvalue weighted by atomic mass is 79.9. The lowest BCUT2D eigenvalue weighted by Crippen LogP contribution is -2.43. The largest absolute Gasteiger partial charge is 0.481 e. The van der Waals surface area contributed by atoms with Crippen LogP contribution in [0.5, 0.6) is 0 Å². The molecule has 2 N–H and O–H groups in total. The Hall–Kier alpha value is -1.89. The molecule has 0 bridgehead atoms. The third-order valence-corrected chi connectivity index (χ3v) is 3.87. The number of amides is 1. The molecule has 0 aliphatic carbocycles. The molecule has 1 aliphatic heterocycles. The van der Waals surface area contributed by atoms with E-state index in [9.17, 15) is 19.1 Å². The Bertz CT molecular complexity index is 645. The van der Waals surface area contributed by atoms with E-state index in [2.05, 4.69) is 21.2 Å². The van der Waals surface area contributed by atoms with Gasteiger partial charge in [-0.3, -0.25) is 9.59 Å². The second-order valence-corrected chi connectivity index (χ2v) is 5.78. The van der Waals surface area contributed by atoms with Crippen molar-refractivity contribution in [3.8, 4) is 0 Å². The molecule has 1 aliphatic rings. The Morgan fingerprint density at radius 1 is 1.52 bits per heavy atom. The number of hydrogen-bond acceptors (Lipinski definition) is 3. The zero-order valence-corrected chi connectivity index (χ0v) is 13.1. The van der Waals surface area contributed by atoms with Gasteiger partial charge in [0.25, 0.3) is 5.91 Å². The van der Waals surface area contributed by atoms with Gasteiger partial charge in [-0.15, -0.1) is 0 Å². The average Bonchev–Trinajstić information content (AvgIpc) is 2.41. The van der Waals surface area contributed by atoms with Crippen molar-refractivity contribution in [3.63, 3.8) is 0 Å². The van der Waals surface area contributed by atoms with E-state index < -0.39 is 17.7 Å². The molecule has 0 radical (unpaired) electrons. The number of carboxylic acid groups (broad SMARTS) is 1. The summed E-state index contributed by atoms with van der Waals surface area (Å²) in [7, 11) is 1.54. The number of carbonyl (C=O) groups is 2. The molecule has 0 aromatic heterocycles. The predicted molar refractivity (Wildman–Crippen MR) is 79.2 cm³/mol. The van der Waals surface area contributed by atoms with Crippen LogP contribution in [0.2, 0.25) is 0 Å². The molecule has 1 heterocycles. The third-order valence-electron chi connectivity index (χ3n) is 3.37. The third kappa shape index (κ3) is 3.07. The van der Waals surface area contributed by atoms with Gasteiger partial charge in [0.15, 0.2) is 0 Å². The molecule has 1 unspecified atom stereocenters. The summed E-state index contributed by atoms with van der Waals surface area (Å²) in [4.78, 5) is 24.7. The molecule has 0 saturated carbocycles. The average molecular weight is 357 g/mol. The minimum atomic E-state index is -1.06. The van der Waals surface area contributed by atoms with Gasteiger partial charge in [0, 0.05) is 29.3 Å². The Balaban J connectivity index is 2.42. The van der Waals surface area contributed by atoms with Gasteiger partial charge in [0.1, 0.15) is 11.7 Å². The van der Waals surface area contributed by atoms with Crippen LogP contribution >= 0.6 is 15.9 Å². The van der Waals surface area contributed by atoms with Crippen LogP contribution in [-0.2, 0) is 9.59 Å². The smallest absolute Gasteiger partial charge is 0.314 e. The zero-order chi connectivity index (χ0) is 15.7. The van der Waals surface area contributed by atoms with Gasteiger partial charge in [-0.2, -0.15) is 0 Å². The molecule has 2 rings (SSSR count). The van der Waals surface area contributed by atoms with Crippen molar-refractivity contribution in [1.29, 1.82) is 0 Å². The summed E-state index contributed by atoms with van der Waals surface area (Å²) in [5.74, 6) is -2.77. The number of hydrogen-bond donors (Lipinski definition) is 2.